The molecule has 23 heavy (non-hydrogen) atoms. The molecule has 5 nitrogen and oxygen atoms in total. The van der Waals surface area contributed by atoms with E-state index in [0.717, 1.165) is 23.5 Å². The molecule has 1 atom stereocenters. The topological polar surface area (TPSA) is 48.0 Å². The summed E-state index contributed by atoms with van der Waals surface area (Å²) in [6.07, 6.45) is 1.05. The van der Waals surface area contributed by atoms with Gasteiger partial charge in [-0.1, -0.05) is 0 Å². The minimum Gasteiger partial charge on any atom is -0.497 e. The Balaban J connectivity index is 2.09. The van der Waals surface area contributed by atoms with Gasteiger partial charge in [-0.25, -0.2) is 0 Å². The number of thioether (sulfide) groups is 1. The van der Waals surface area contributed by atoms with Crippen molar-refractivity contribution in [3.8, 4) is 11.5 Å². The minimum atomic E-state index is -0.0117. The zero-order valence-corrected chi connectivity index (χ0v) is 15.0. The van der Waals surface area contributed by atoms with Gasteiger partial charge in [0.25, 0.3) is 0 Å². The maximum Gasteiger partial charge on any atom is 0.233 e. The molecule has 1 unspecified atom stereocenters. The lowest BCUT2D eigenvalue weighted by molar-refractivity contribution is -0.128. The summed E-state index contributed by atoms with van der Waals surface area (Å²) in [7, 11) is 3.27. The molecule has 0 aromatic heterocycles. The van der Waals surface area contributed by atoms with Gasteiger partial charge in [0.05, 0.1) is 26.1 Å². The molecule has 0 radical (unpaired) electrons. The van der Waals surface area contributed by atoms with E-state index in [-0.39, 0.29) is 17.4 Å². The number of methoxy groups -OCH3 is 2. The predicted molar refractivity (Wildman–Crippen MR) is 92.2 cm³/mol. The Labute approximate surface area is 142 Å². The van der Waals surface area contributed by atoms with E-state index in [1.807, 2.05) is 36.9 Å². The molecule has 1 saturated heterocycles. The van der Waals surface area contributed by atoms with Crippen LogP contribution in [0.2, 0.25) is 0 Å². The maximum absolute atomic E-state index is 12.2. The van der Waals surface area contributed by atoms with Gasteiger partial charge in [0.2, 0.25) is 5.91 Å². The zero-order chi connectivity index (χ0) is 16.8. The summed E-state index contributed by atoms with van der Waals surface area (Å²) < 4.78 is 16.3. The second-order valence-corrected chi connectivity index (χ2v) is 6.70. The Morgan fingerprint density at radius 1 is 1.30 bits per heavy atom. The number of hydrogen-bond acceptors (Lipinski definition) is 5. The van der Waals surface area contributed by atoms with Crippen LogP contribution in [0.3, 0.4) is 0 Å². The fraction of sp³-hybridized carbons (Fsp3) is 0.588. The first-order valence-corrected chi connectivity index (χ1v) is 8.86. The van der Waals surface area contributed by atoms with Gasteiger partial charge in [-0.15, -0.1) is 11.8 Å². The lowest BCUT2D eigenvalue weighted by Crippen LogP contribution is -2.30. The van der Waals surface area contributed by atoms with Gasteiger partial charge in [-0.05, 0) is 32.4 Å². The molecule has 1 fully saturated rings. The molecule has 1 aromatic carbocycles. The van der Waals surface area contributed by atoms with Gasteiger partial charge in [0, 0.05) is 24.8 Å². The third kappa shape index (κ3) is 4.54. The van der Waals surface area contributed by atoms with Gasteiger partial charge < -0.3 is 19.1 Å². The molecule has 0 N–H and O–H groups in total. The third-order valence-corrected chi connectivity index (χ3v) is 4.91. The molecule has 1 aromatic rings. The molecule has 1 heterocycles. The third-order valence-electron chi connectivity index (χ3n) is 3.67. The number of ether oxygens (including phenoxy) is 3. The summed E-state index contributed by atoms with van der Waals surface area (Å²) in [6, 6.07) is 5.74. The normalized spacial score (nSPS) is 17.9. The van der Waals surface area contributed by atoms with Crippen LogP contribution in [0.1, 0.15) is 31.2 Å². The van der Waals surface area contributed by atoms with Crippen molar-refractivity contribution in [2.24, 2.45) is 0 Å². The molecule has 128 valence electrons. The fourth-order valence-corrected chi connectivity index (χ4v) is 3.77. The predicted octanol–water partition coefficient (Wildman–Crippen LogP) is 3.09. The zero-order valence-electron chi connectivity index (χ0n) is 14.2. The quantitative estimate of drug-likeness (QED) is 0.681. The second kappa shape index (κ2) is 8.45. The molecule has 0 bridgehead atoms. The molecule has 2 rings (SSSR count). The van der Waals surface area contributed by atoms with Crippen molar-refractivity contribution >= 4 is 17.7 Å². The number of benzene rings is 1. The highest BCUT2D eigenvalue weighted by Crippen LogP contribution is 2.43. The van der Waals surface area contributed by atoms with E-state index in [0.29, 0.717) is 18.9 Å². The maximum atomic E-state index is 12.2. The van der Waals surface area contributed by atoms with Crippen LogP contribution in [0.15, 0.2) is 18.2 Å². The number of rotatable bonds is 8. The van der Waals surface area contributed by atoms with Gasteiger partial charge in [-0.3, -0.25) is 4.79 Å². The number of carbonyl (C=O) groups is 1. The van der Waals surface area contributed by atoms with Crippen molar-refractivity contribution in [2.45, 2.75) is 31.7 Å². The van der Waals surface area contributed by atoms with Crippen LogP contribution in [-0.4, -0.2) is 50.0 Å². The number of nitrogens with zero attached hydrogens (tertiary/aromatic N) is 1. The average Bonchev–Trinajstić information content (AvgIpc) is 2.91. The van der Waals surface area contributed by atoms with E-state index in [1.165, 1.54) is 0 Å². The van der Waals surface area contributed by atoms with Gasteiger partial charge >= 0.3 is 0 Å². The van der Waals surface area contributed by atoms with Crippen molar-refractivity contribution in [3.05, 3.63) is 23.8 Å². The van der Waals surface area contributed by atoms with Crippen LogP contribution in [0, 0.1) is 0 Å². The summed E-state index contributed by atoms with van der Waals surface area (Å²) in [5, 5.41) is -0.0117. The van der Waals surface area contributed by atoms with Crippen molar-refractivity contribution < 1.29 is 19.0 Å². The average molecular weight is 339 g/mol. The Kier molecular flexibility index (Phi) is 6.59. The van der Waals surface area contributed by atoms with Gasteiger partial charge in [0.15, 0.2) is 0 Å². The van der Waals surface area contributed by atoms with E-state index >= 15 is 0 Å². The first-order valence-electron chi connectivity index (χ1n) is 7.81. The van der Waals surface area contributed by atoms with Crippen LogP contribution < -0.4 is 9.47 Å². The van der Waals surface area contributed by atoms with E-state index in [2.05, 4.69) is 0 Å². The number of carbonyl (C=O) groups excluding carboxylic acids is 1. The first-order chi connectivity index (χ1) is 11.1. The van der Waals surface area contributed by atoms with Gasteiger partial charge in [-0.2, -0.15) is 0 Å². The Morgan fingerprint density at radius 2 is 2.09 bits per heavy atom. The lowest BCUT2D eigenvalue weighted by atomic mass is 10.1. The standard InChI is InChI=1S/C17H25NO4S/c1-12(2)22-9-5-8-18-16(19)11-23-17(18)14-7-6-13(20-3)10-15(14)21-4/h6-7,10,12,17H,5,8-9,11H2,1-4H3. The highest BCUT2D eigenvalue weighted by Gasteiger charge is 2.34. The summed E-state index contributed by atoms with van der Waals surface area (Å²) in [6.45, 7) is 5.39. The van der Waals surface area contributed by atoms with Crippen LogP contribution in [0.25, 0.3) is 0 Å². The highest BCUT2D eigenvalue weighted by molar-refractivity contribution is 8.00. The lowest BCUT2D eigenvalue weighted by Gasteiger charge is -2.26. The second-order valence-electron chi connectivity index (χ2n) is 5.63. The smallest absolute Gasteiger partial charge is 0.233 e. The Bertz CT molecular complexity index is 535. The fourth-order valence-electron chi connectivity index (χ4n) is 2.53. The van der Waals surface area contributed by atoms with Crippen molar-refractivity contribution in [1.82, 2.24) is 4.90 Å². The number of hydrogen-bond donors (Lipinski definition) is 0. The van der Waals surface area contributed by atoms with Crippen molar-refractivity contribution in [3.63, 3.8) is 0 Å². The Hall–Kier alpha value is -1.40. The minimum absolute atomic E-state index is 0.0117. The summed E-state index contributed by atoms with van der Waals surface area (Å²) in [5.41, 5.74) is 1.01. The molecule has 0 spiro atoms. The summed E-state index contributed by atoms with van der Waals surface area (Å²) in [5.74, 6) is 2.17. The molecule has 6 heteroatoms. The molecule has 0 saturated carbocycles. The van der Waals surface area contributed by atoms with E-state index < -0.39 is 0 Å². The molecule has 0 aliphatic carbocycles. The van der Waals surface area contributed by atoms with Gasteiger partial charge in [0.1, 0.15) is 16.9 Å². The SMILES string of the molecule is COc1ccc(C2SCC(=O)N2CCCOC(C)C)c(OC)c1. The molecular formula is C17H25NO4S. The van der Waals surface area contributed by atoms with E-state index in [1.54, 1.807) is 26.0 Å². The van der Waals surface area contributed by atoms with Crippen molar-refractivity contribution in [2.75, 3.05) is 33.1 Å². The number of amides is 1. The molecule has 1 aliphatic heterocycles. The summed E-state index contributed by atoms with van der Waals surface area (Å²) >= 11 is 1.63. The highest BCUT2D eigenvalue weighted by atomic mass is 32.2. The molecule has 1 amide bonds. The van der Waals surface area contributed by atoms with E-state index in [9.17, 15) is 4.79 Å². The molecule has 1 aliphatic rings. The van der Waals surface area contributed by atoms with E-state index in [4.69, 9.17) is 14.2 Å². The van der Waals surface area contributed by atoms with Crippen molar-refractivity contribution in [1.29, 1.82) is 0 Å². The van der Waals surface area contributed by atoms with Crippen LogP contribution in [0.4, 0.5) is 0 Å². The monoisotopic (exact) mass is 339 g/mol. The largest absolute Gasteiger partial charge is 0.497 e. The van der Waals surface area contributed by atoms with Crippen LogP contribution >= 0.6 is 11.8 Å². The molecular weight excluding hydrogens is 314 g/mol. The van der Waals surface area contributed by atoms with Crippen LogP contribution in [-0.2, 0) is 9.53 Å². The van der Waals surface area contributed by atoms with Crippen LogP contribution in [0.5, 0.6) is 11.5 Å². The first kappa shape index (κ1) is 17.9. The Morgan fingerprint density at radius 3 is 2.74 bits per heavy atom. The summed E-state index contributed by atoms with van der Waals surface area (Å²) in [4.78, 5) is 14.1.